The van der Waals surface area contributed by atoms with Crippen LogP contribution in [0, 0.1) is 12.8 Å². The molecule has 1 unspecified atom stereocenters. The lowest BCUT2D eigenvalue weighted by atomic mass is 10.00. The molecule has 1 fully saturated rings. The lowest BCUT2D eigenvalue weighted by Crippen LogP contribution is -2.19. The number of allylic oxidation sites excluding steroid dienone is 1. The van der Waals surface area contributed by atoms with Crippen LogP contribution < -0.4 is 15.6 Å². The van der Waals surface area contributed by atoms with Gasteiger partial charge in [-0.1, -0.05) is 17.4 Å². The Morgan fingerprint density at radius 2 is 2.05 bits per heavy atom. The Kier molecular flexibility index (Phi) is 6.81. The normalized spacial score (nSPS) is 16.3. The molecule has 4 aromatic rings. The van der Waals surface area contributed by atoms with Gasteiger partial charge in [-0.25, -0.2) is 13.8 Å². The molecular formula is C26H22F2N6O3S. The first-order chi connectivity index (χ1) is 18.3. The maximum absolute atomic E-state index is 13.5. The number of methoxy groups -OCH3 is 1. The first kappa shape index (κ1) is 25.3. The van der Waals surface area contributed by atoms with Crippen LogP contribution in [0.15, 0.2) is 60.3 Å². The number of rotatable bonds is 8. The van der Waals surface area contributed by atoms with Crippen LogP contribution >= 0.6 is 11.3 Å². The number of pyridine rings is 3. The topological polar surface area (TPSA) is 112 Å². The second kappa shape index (κ2) is 10.2. The summed E-state index contributed by atoms with van der Waals surface area (Å²) in [5.74, 6) is 0.379. The summed E-state index contributed by atoms with van der Waals surface area (Å²) in [4.78, 5) is 34.1. The zero-order valence-corrected chi connectivity index (χ0v) is 21.2. The van der Waals surface area contributed by atoms with Crippen molar-refractivity contribution in [1.82, 2.24) is 24.7 Å². The second-order valence-electron chi connectivity index (χ2n) is 8.75. The number of anilines is 1. The van der Waals surface area contributed by atoms with Gasteiger partial charge in [0.1, 0.15) is 22.3 Å². The molecule has 38 heavy (non-hydrogen) atoms. The number of nitrogens with zero attached hydrogens (tertiary/aromatic N) is 5. The highest BCUT2D eigenvalue weighted by molar-refractivity contribution is 7.15. The van der Waals surface area contributed by atoms with Gasteiger partial charge >= 0.3 is 0 Å². The second-order valence-corrected chi connectivity index (χ2v) is 9.76. The number of carbonyl (C=O) groups excluding carboxylic acids is 1. The van der Waals surface area contributed by atoms with E-state index in [0.717, 1.165) is 23.1 Å². The first-order valence-electron chi connectivity index (χ1n) is 11.6. The fourth-order valence-electron chi connectivity index (χ4n) is 4.06. The van der Waals surface area contributed by atoms with E-state index < -0.39 is 18.0 Å². The molecule has 0 bridgehead atoms. The summed E-state index contributed by atoms with van der Waals surface area (Å²) in [6.07, 6.45) is 3.96. The van der Waals surface area contributed by atoms with Crippen molar-refractivity contribution >= 4 is 22.4 Å². The lowest BCUT2D eigenvalue weighted by molar-refractivity contribution is 0.102. The van der Waals surface area contributed by atoms with Crippen molar-refractivity contribution in [2.45, 2.75) is 25.7 Å². The largest absolute Gasteiger partial charge is 0.494 e. The van der Waals surface area contributed by atoms with Gasteiger partial charge in [0.15, 0.2) is 0 Å². The predicted octanol–water partition coefficient (Wildman–Crippen LogP) is 4.94. The van der Waals surface area contributed by atoms with Gasteiger partial charge in [-0.2, -0.15) is 0 Å². The van der Waals surface area contributed by atoms with Crippen molar-refractivity contribution in [3.63, 3.8) is 0 Å². The van der Waals surface area contributed by atoms with Gasteiger partial charge < -0.3 is 4.74 Å². The molecule has 1 aliphatic rings. The molecule has 0 aromatic carbocycles. The zero-order chi connectivity index (χ0) is 27.0. The summed E-state index contributed by atoms with van der Waals surface area (Å²) < 4.78 is 33.8. The van der Waals surface area contributed by atoms with Crippen LogP contribution in [0.5, 0.6) is 5.75 Å². The number of amides is 1. The monoisotopic (exact) mass is 536 g/mol. The predicted molar refractivity (Wildman–Crippen MR) is 138 cm³/mol. The lowest BCUT2D eigenvalue weighted by Gasteiger charge is -2.15. The highest BCUT2D eigenvalue weighted by atomic mass is 32.1. The molecule has 4 aromatic heterocycles. The summed E-state index contributed by atoms with van der Waals surface area (Å²) in [6.45, 7) is 5.58. The third kappa shape index (κ3) is 4.94. The quantitative estimate of drug-likeness (QED) is 0.318. The SMILES string of the molecule is C=C[C@H]1CC1c1nnc(NC(=O)c2cnc(-n3ccc(C)cc3=O)cc2-c2cc(C(F)F)ncc2OC)s1. The van der Waals surface area contributed by atoms with Crippen LogP contribution in [0.2, 0.25) is 0 Å². The minimum Gasteiger partial charge on any atom is -0.494 e. The van der Waals surface area contributed by atoms with Gasteiger partial charge in [0.2, 0.25) is 5.13 Å². The molecule has 0 aliphatic heterocycles. The van der Waals surface area contributed by atoms with Crippen molar-refractivity contribution in [3.05, 3.63) is 87.7 Å². The molecule has 12 heteroatoms. The molecule has 9 nitrogen and oxygen atoms in total. The summed E-state index contributed by atoms with van der Waals surface area (Å²) >= 11 is 1.26. The van der Waals surface area contributed by atoms with Gasteiger partial charge in [0.05, 0.1) is 18.9 Å². The minimum absolute atomic E-state index is 0.0609. The number of halogens is 2. The standard InChI is InChI=1S/C26H22F2N6O3S/c1-4-14-8-15(14)25-32-33-26(38-25)31-24(36)18-11-30-21(34-6-5-13(2)7-22(34)35)10-16(18)17-9-19(23(27)28)29-12-20(17)37-3/h4-7,9-12,14-15,23H,1,8H2,2-3H3,(H,31,33,36)/t14-,15?/m0/s1. The maximum Gasteiger partial charge on any atom is 0.280 e. The van der Waals surface area contributed by atoms with E-state index in [4.69, 9.17) is 4.74 Å². The third-order valence-electron chi connectivity index (χ3n) is 6.20. The molecule has 0 spiro atoms. The van der Waals surface area contributed by atoms with E-state index in [1.54, 1.807) is 19.2 Å². The van der Waals surface area contributed by atoms with Crippen LogP contribution in [0.1, 0.15) is 45.4 Å². The van der Waals surface area contributed by atoms with Gasteiger partial charge in [0, 0.05) is 35.5 Å². The average Bonchev–Trinajstić information content (AvgIpc) is 3.56. The molecule has 4 heterocycles. The van der Waals surface area contributed by atoms with Gasteiger partial charge in [0.25, 0.3) is 17.9 Å². The molecule has 194 valence electrons. The third-order valence-corrected chi connectivity index (χ3v) is 7.17. The van der Waals surface area contributed by atoms with E-state index in [1.165, 1.54) is 47.5 Å². The summed E-state index contributed by atoms with van der Waals surface area (Å²) in [6, 6.07) is 5.80. The molecule has 1 amide bonds. The fraction of sp³-hybridized carbons (Fsp3) is 0.231. The molecule has 1 saturated carbocycles. The Morgan fingerprint density at radius 3 is 2.74 bits per heavy atom. The van der Waals surface area contributed by atoms with Crippen molar-refractivity contribution in [3.8, 4) is 22.7 Å². The van der Waals surface area contributed by atoms with Gasteiger partial charge in [-0.15, -0.1) is 16.8 Å². The fourth-order valence-corrected chi connectivity index (χ4v) is 4.98. The molecular weight excluding hydrogens is 514 g/mol. The Labute approximate surface area is 219 Å². The molecule has 2 atom stereocenters. The average molecular weight is 537 g/mol. The number of aromatic nitrogens is 5. The van der Waals surface area contributed by atoms with Crippen LogP contribution in [0.3, 0.4) is 0 Å². The molecule has 1 aliphatic carbocycles. The molecule has 5 rings (SSSR count). The van der Waals surface area contributed by atoms with Crippen LogP contribution in [0.25, 0.3) is 16.9 Å². The van der Waals surface area contributed by atoms with Crippen molar-refractivity contribution in [2.24, 2.45) is 5.92 Å². The van der Waals surface area contributed by atoms with Crippen LogP contribution in [-0.4, -0.2) is 37.7 Å². The summed E-state index contributed by atoms with van der Waals surface area (Å²) in [5.41, 5.74) is 0.409. The Hall–Kier alpha value is -4.32. The van der Waals surface area contributed by atoms with E-state index >= 15 is 0 Å². The number of alkyl halides is 2. The van der Waals surface area contributed by atoms with Crippen molar-refractivity contribution < 1.29 is 18.3 Å². The zero-order valence-electron chi connectivity index (χ0n) is 20.4. The van der Waals surface area contributed by atoms with E-state index in [0.29, 0.717) is 11.0 Å². The van der Waals surface area contributed by atoms with E-state index in [2.05, 4.69) is 32.1 Å². The summed E-state index contributed by atoms with van der Waals surface area (Å²) in [5, 5.41) is 12.1. The van der Waals surface area contributed by atoms with E-state index in [9.17, 15) is 18.4 Å². The highest BCUT2D eigenvalue weighted by Crippen LogP contribution is 2.49. The number of hydrogen-bond acceptors (Lipinski definition) is 8. The van der Waals surface area contributed by atoms with Gasteiger partial charge in [-0.05, 0) is 43.0 Å². The van der Waals surface area contributed by atoms with Crippen molar-refractivity contribution in [2.75, 3.05) is 12.4 Å². The number of aryl methyl sites for hydroxylation is 1. The Morgan fingerprint density at radius 1 is 1.24 bits per heavy atom. The Bertz CT molecular complexity index is 1600. The van der Waals surface area contributed by atoms with E-state index in [-0.39, 0.29) is 39.7 Å². The van der Waals surface area contributed by atoms with Gasteiger partial charge in [-0.3, -0.25) is 24.5 Å². The number of hydrogen-bond donors (Lipinski definition) is 1. The molecule has 1 N–H and O–H groups in total. The van der Waals surface area contributed by atoms with Crippen LogP contribution in [-0.2, 0) is 0 Å². The number of nitrogens with one attached hydrogen (secondary N) is 1. The van der Waals surface area contributed by atoms with Crippen LogP contribution in [0.4, 0.5) is 13.9 Å². The number of carbonyl (C=O) groups is 1. The molecule has 0 saturated heterocycles. The number of ether oxygens (including phenoxy) is 1. The minimum atomic E-state index is -2.85. The van der Waals surface area contributed by atoms with E-state index in [1.807, 2.05) is 6.08 Å². The summed E-state index contributed by atoms with van der Waals surface area (Å²) in [7, 11) is 1.37. The molecule has 0 radical (unpaired) electrons. The first-order valence-corrected chi connectivity index (χ1v) is 12.4. The Balaban J connectivity index is 1.59. The highest BCUT2D eigenvalue weighted by Gasteiger charge is 2.38. The van der Waals surface area contributed by atoms with Crippen molar-refractivity contribution in [1.29, 1.82) is 0 Å². The smallest absolute Gasteiger partial charge is 0.280 e. The maximum atomic E-state index is 13.5.